The number of methoxy groups -OCH3 is 1. The zero-order valence-corrected chi connectivity index (χ0v) is 21.7. The van der Waals surface area contributed by atoms with E-state index in [1.807, 2.05) is 47.4 Å². The zero-order valence-electron chi connectivity index (χ0n) is 21.7. The number of benzene rings is 2. The fourth-order valence-corrected chi connectivity index (χ4v) is 4.80. The van der Waals surface area contributed by atoms with E-state index in [0.717, 1.165) is 37.2 Å². The van der Waals surface area contributed by atoms with E-state index in [4.69, 9.17) is 19.2 Å². The van der Waals surface area contributed by atoms with Crippen molar-refractivity contribution in [1.29, 1.82) is 0 Å². The van der Waals surface area contributed by atoms with Crippen molar-refractivity contribution in [1.82, 2.24) is 15.2 Å². The third-order valence-corrected chi connectivity index (χ3v) is 6.91. The molecule has 2 aliphatic heterocycles. The Morgan fingerprint density at radius 3 is 2.63 bits per heavy atom. The lowest BCUT2D eigenvalue weighted by Gasteiger charge is -2.31. The van der Waals surface area contributed by atoms with Gasteiger partial charge in [0.25, 0.3) is 5.91 Å². The van der Waals surface area contributed by atoms with Crippen molar-refractivity contribution in [2.45, 2.75) is 19.8 Å². The molecule has 1 aromatic heterocycles. The Hall–Kier alpha value is -4.27. The number of carbonyl (C=O) groups excluding carboxylic acids is 2. The summed E-state index contributed by atoms with van der Waals surface area (Å²) in [5, 5.41) is 6.37. The van der Waals surface area contributed by atoms with E-state index >= 15 is 0 Å². The molecule has 0 radical (unpaired) electrons. The molecule has 2 aromatic carbocycles. The number of anilines is 2. The van der Waals surface area contributed by atoms with Gasteiger partial charge in [-0.25, -0.2) is 4.98 Å². The van der Waals surface area contributed by atoms with Gasteiger partial charge in [-0.1, -0.05) is 12.1 Å². The molecule has 5 rings (SSSR count). The first-order chi connectivity index (χ1) is 18.5. The Balaban J connectivity index is 1.25. The fourth-order valence-electron chi connectivity index (χ4n) is 4.80. The number of nitrogens with zero attached hydrogens (tertiary/aromatic N) is 2. The molecule has 0 saturated carbocycles. The lowest BCUT2D eigenvalue weighted by Crippen LogP contribution is -2.40. The summed E-state index contributed by atoms with van der Waals surface area (Å²) in [5.41, 5.74) is 3.52. The van der Waals surface area contributed by atoms with Crippen LogP contribution in [-0.4, -0.2) is 61.7 Å². The number of amides is 2. The smallest absolute Gasteiger partial charge is 0.251 e. The number of nitrogens with one attached hydrogen (secondary N) is 2. The number of fused-ring (bicyclic) bond motifs is 1. The highest BCUT2D eigenvalue weighted by Crippen LogP contribution is 2.40. The molecule has 38 heavy (non-hydrogen) atoms. The lowest BCUT2D eigenvalue weighted by molar-refractivity contribution is -0.130. The van der Waals surface area contributed by atoms with Crippen molar-refractivity contribution >= 4 is 23.2 Å². The first-order valence-corrected chi connectivity index (χ1v) is 12.9. The maximum atomic E-state index is 12.8. The fraction of sp³-hybridized carbons (Fsp3) is 0.345. The van der Waals surface area contributed by atoms with Crippen LogP contribution >= 0.6 is 0 Å². The molecule has 1 fully saturated rings. The number of pyridine rings is 1. The van der Waals surface area contributed by atoms with Gasteiger partial charge in [-0.15, -0.1) is 0 Å². The topological polar surface area (TPSA) is 102 Å². The number of aromatic nitrogens is 1. The van der Waals surface area contributed by atoms with E-state index in [-0.39, 0.29) is 11.8 Å². The van der Waals surface area contributed by atoms with E-state index in [1.165, 1.54) is 0 Å². The van der Waals surface area contributed by atoms with Crippen LogP contribution in [0.5, 0.6) is 17.4 Å². The molecule has 198 valence electrons. The van der Waals surface area contributed by atoms with Crippen molar-refractivity contribution < 1.29 is 23.8 Å². The summed E-state index contributed by atoms with van der Waals surface area (Å²) in [4.78, 5) is 30.9. The van der Waals surface area contributed by atoms with Crippen LogP contribution < -0.4 is 24.8 Å². The van der Waals surface area contributed by atoms with Gasteiger partial charge in [0.1, 0.15) is 18.9 Å². The van der Waals surface area contributed by atoms with Crippen molar-refractivity contribution in [2.24, 2.45) is 5.92 Å². The Bertz CT molecular complexity index is 1320. The minimum Gasteiger partial charge on any atom is -0.486 e. The molecule has 0 atom stereocenters. The SMILES string of the molecule is COc1nc(-c2cccc3c2OCCO3)ccc1Nc1cccc(C(=O)NCC2CCN(C(C)=O)CC2)c1. The highest BCUT2D eigenvalue weighted by Gasteiger charge is 2.22. The second-order valence-corrected chi connectivity index (χ2v) is 9.45. The average molecular weight is 517 g/mol. The van der Waals surface area contributed by atoms with Crippen molar-refractivity contribution in [3.05, 3.63) is 60.2 Å². The van der Waals surface area contributed by atoms with Gasteiger partial charge in [0.05, 0.1) is 12.8 Å². The van der Waals surface area contributed by atoms with E-state index < -0.39 is 0 Å². The van der Waals surface area contributed by atoms with Gasteiger partial charge < -0.3 is 29.7 Å². The molecule has 9 nitrogen and oxygen atoms in total. The summed E-state index contributed by atoms with van der Waals surface area (Å²) >= 11 is 0. The number of hydrogen-bond donors (Lipinski definition) is 2. The monoisotopic (exact) mass is 516 g/mol. The van der Waals surface area contributed by atoms with Crippen LogP contribution in [0.3, 0.4) is 0 Å². The van der Waals surface area contributed by atoms with Crippen molar-refractivity contribution in [2.75, 3.05) is 45.3 Å². The lowest BCUT2D eigenvalue weighted by atomic mass is 9.96. The quantitative estimate of drug-likeness (QED) is 0.484. The van der Waals surface area contributed by atoms with Crippen molar-refractivity contribution in [3.8, 4) is 28.6 Å². The predicted molar refractivity (Wildman–Crippen MR) is 144 cm³/mol. The molecule has 9 heteroatoms. The molecular formula is C29H32N4O5. The summed E-state index contributed by atoms with van der Waals surface area (Å²) in [6.45, 7) is 4.70. The minimum atomic E-state index is -0.126. The van der Waals surface area contributed by atoms with Crippen LogP contribution in [0.4, 0.5) is 11.4 Å². The van der Waals surface area contributed by atoms with Crippen LogP contribution in [0.15, 0.2) is 54.6 Å². The molecule has 1 saturated heterocycles. The molecule has 0 unspecified atom stereocenters. The van der Waals surface area contributed by atoms with Gasteiger partial charge in [0.15, 0.2) is 11.5 Å². The number of likely N-dealkylation sites (tertiary alicyclic amines) is 1. The molecule has 0 spiro atoms. The van der Waals surface area contributed by atoms with E-state index in [2.05, 4.69) is 10.6 Å². The zero-order chi connectivity index (χ0) is 26.5. The number of para-hydroxylation sites is 1. The molecular weight excluding hydrogens is 484 g/mol. The van der Waals surface area contributed by atoms with Gasteiger partial charge in [-0.2, -0.15) is 0 Å². The number of rotatable bonds is 7. The number of ether oxygens (including phenoxy) is 3. The van der Waals surface area contributed by atoms with Gasteiger partial charge in [-0.3, -0.25) is 9.59 Å². The van der Waals surface area contributed by atoms with Crippen LogP contribution in [0.2, 0.25) is 0 Å². The van der Waals surface area contributed by atoms with E-state index in [0.29, 0.717) is 60.0 Å². The van der Waals surface area contributed by atoms with Crippen LogP contribution in [-0.2, 0) is 4.79 Å². The first-order valence-electron chi connectivity index (χ1n) is 12.9. The summed E-state index contributed by atoms with van der Waals surface area (Å²) in [7, 11) is 1.57. The van der Waals surface area contributed by atoms with E-state index in [9.17, 15) is 9.59 Å². The number of piperidine rings is 1. The maximum Gasteiger partial charge on any atom is 0.251 e. The first kappa shape index (κ1) is 25.4. The standard InChI is InChI=1S/C29H32N4O5/c1-19(34)33-13-11-20(12-14-33)18-30-28(35)21-5-3-6-22(17-21)31-25-10-9-24(32-29(25)36-2)23-7-4-8-26-27(23)38-16-15-37-26/h3-10,17,20,31H,11-16,18H2,1-2H3,(H,30,35). The third-order valence-electron chi connectivity index (χ3n) is 6.91. The van der Waals surface area contributed by atoms with Crippen LogP contribution in [0.1, 0.15) is 30.1 Å². The minimum absolute atomic E-state index is 0.112. The number of hydrogen-bond acceptors (Lipinski definition) is 7. The highest BCUT2D eigenvalue weighted by atomic mass is 16.6. The normalized spacial score (nSPS) is 15.1. The van der Waals surface area contributed by atoms with Crippen LogP contribution in [0.25, 0.3) is 11.3 Å². The Labute approximate surface area is 222 Å². The number of carbonyl (C=O) groups is 2. The van der Waals surface area contributed by atoms with Gasteiger partial charge in [0.2, 0.25) is 11.8 Å². The summed E-state index contributed by atoms with van der Waals surface area (Å²) < 4.78 is 17.1. The molecule has 0 aliphatic carbocycles. The summed E-state index contributed by atoms with van der Waals surface area (Å²) in [6.07, 6.45) is 1.80. The molecule has 2 N–H and O–H groups in total. The highest BCUT2D eigenvalue weighted by molar-refractivity contribution is 5.95. The summed E-state index contributed by atoms with van der Waals surface area (Å²) in [5.74, 6) is 2.16. The average Bonchev–Trinajstić information content (AvgIpc) is 2.96. The van der Waals surface area contributed by atoms with Crippen LogP contribution in [0, 0.1) is 5.92 Å². The molecule has 2 amide bonds. The maximum absolute atomic E-state index is 12.8. The van der Waals surface area contributed by atoms with Crippen molar-refractivity contribution in [3.63, 3.8) is 0 Å². The Morgan fingerprint density at radius 2 is 1.84 bits per heavy atom. The largest absolute Gasteiger partial charge is 0.486 e. The molecule has 0 bridgehead atoms. The second kappa shape index (κ2) is 11.4. The summed E-state index contributed by atoms with van der Waals surface area (Å²) in [6, 6.07) is 16.8. The molecule has 2 aliphatic rings. The van der Waals surface area contributed by atoms with Gasteiger partial charge in [-0.05, 0) is 61.2 Å². The Kier molecular flexibility index (Phi) is 7.62. The van der Waals surface area contributed by atoms with Gasteiger partial charge in [0, 0.05) is 43.4 Å². The Morgan fingerprint density at radius 1 is 1.05 bits per heavy atom. The third kappa shape index (κ3) is 5.66. The van der Waals surface area contributed by atoms with Gasteiger partial charge >= 0.3 is 0 Å². The predicted octanol–water partition coefficient (Wildman–Crippen LogP) is 4.26. The molecule has 3 aromatic rings. The van der Waals surface area contributed by atoms with E-state index in [1.54, 1.807) is 26.2 Å². The second-order valence-electron chi connectivity index (χ2n) is 9.45. The molecule has 3 heterocycles.